The van der Waals surface area contributed by atoms with Crippen LogP contribution in [0.25, 0.3) is 0 Å². The number of halogens is 2. The first kappa shape index (κ1) is 15.8. The molecule has 2 aromatic rings. The van der Waals surface area contributed by atoms with Gasteiger partial charge in [0.15, 0.2) is 0 Å². The Bertz CT molecular complexity index is 620. The van der Waals surface area contributed by atoms with Gasteiger partial charge in [0.25, 0.3) is 0 Å². The normalized spacial score (nSPS) is 10.7. The molecule has 0 aromatic heterocycles. The van der Waals surface area contributed by atoms with Crippen molar-refractivity contribution >= 4 is 11.6 Å². The fraction of sp³-hybridized carbons (Fsp3) is 0.294. The van der Waals surface area contributed by atoms with Crippen molar-refractivity contribution in [3.63, 3.8) is 0 Å². The zero-order valence-corrected chi connectivity index (χ0v) is 13.0. The Morgan fingerprint density at radius 1 is 1.14 bits per heavy atom. The van der Waals surface area contributed by atoms with E-state index < -0.39 is 0 Å². The summed E-state index contributed by atoms with van der Waals surface area (Å²) in [6, 6.07) is 8.49. The minimum absolute atomic E-state index is 0.316. The Morgan fingerprint density at radius 2 is 1.81 bits per heavy atom. The van der Waals surface area contributed by atoms with Crippen molar-refractivity contribution in [1.82, 2.24) is 0 Å². The van der Waals surface area contributed by atoms with Crippen LogP contribution in [0.5, 0.6) is 5.75 Å². The molecular weight excluding hydrogens is 289 g/mol. The molecule has 0 heterocycles. The molecule has 0 amide bonds. The highest BCUT2D eigenvalue weighted by atomic mass is 35.5. The van der Waals surface area contributed by atoms with Crippen LogP contribution in [0.3, 0.4) is 0 Å². The van der Waals surface area contributed by atoms with Crippen molar-refractivity contribution in [2.45, 2.75) is 26.9 Å². The zero-order chi connectivity index (χ0) is 15.4. The molecule has 2 aromatic carbocycles. The minimum Gasteiger partial charge on any atom is -0.488 e. The number of nitrogens with two attached hydrogens (primary N) is 1. The van der Waals surface area contributed by atoms with Gasteiger partial charge in [0.2, 0.25) is 0 Å². The van der Waals surface area contributed by atoms with Crippen LogP contribution in [0.2, 0.25) is 5.02 Å². The maximum Gasteiger partial charge on any atom is 0.125 e. The maximum absolute atomic E-state index is 13.0. The summed E-state index contributed by atoms with van der Waals surface area (Å²) in [6.45, 7) is 4.96. The van der Waals surface area contributed by atoms with Crippen LogP contribution < -0.4 is 10.5 Å². The van der Waals surface area contributed by atoms with Crippen molar-refractivity contribution in [1.29, 1.82) is 0 Å². The molecule has 0 aliphatic carbocycles. The smallest absolute Gasteiger partial charge is 0.125 e. The molecule has 0 bridgehead atoms. The van der Waals surface area contributed by atoms with Crippen molar-refractivity contribution in [2.24, 2.45) is 5.73 Å². The molecule has 0 aliphatic heterocycles. The van der Waals surface area contributed by atoms with E-state index in [1.165, 1.54) is 17.7 Å². The molecule has 0 fully saturated rings. The molecule has 0 spiro atoms. The molecule has 2 nitrogen and oxygen atoms in total. The van der Waals surface area contributed by atoms with Gasteiger partial charge in [0, 0.05) is 5.56 Å². The van der Waals surface area contributed by atoms with Gasteiger partial charge in [0.1, 0.15) is 18.2 Å². The zero-order valence-electron chi connectivity index (χ0n) is 12.2. The van der Waals surface area contributed by atoms with Crippen LogP contribution in [0.1, 0.15) is 22.3 Å². The van der Waals surface area contributed by atoms with Gasteiger partial charge in [0.05, 0.1) is 5.02 Å². The van der Waals surface area contributed by atoms with Crippen molar-refractivity contribution in [3.8, 4) is 5.75 Å². The van der Waals surface area contributed by atoms with E-state index in [4.69, 9.17) is 22.1 Å². The summed E-state index contributed by atoms with van der Waals surface area (Å²) in [4.78, 5) is 0. The third-order valence-electron chi connectivity index (χ3n) is 3.34. The molecule has 4 heteroatoms. The van der Waals surface area contributed by atoms with E-state index in [0.29, 0.717) is 18.2 Å². The number of rotatable bonds is 5. The van der Waals surface area contributed by atoms with E-state index in [1.807, 2.05) is 13.8 Å². The highest BCUT2D eigenvalue weighted by Crippen LogP contribution is 2.27. The number of hydrogen-bond acceptors (Lipinski definition) is 2. The van der Waals surface area contributed by atoms with Crippen LogP contribution in [0, 0.1) is 19.7 Å². The average Bonchev–Trinajstić information content (AvgIpc) is 2.40. The van der Waals surface area contributed by atoms with Gasteiger partial charge < -0.3 is 10.5 Å². The van der Waals surface area contributed by atoms with Crippen molar-refractivity contribution in [2.75, 3.05) is 6.54 Å². The lowest BCUT2D eigenvalue weighted by atomic mass is 10.0. The summed E-state index contributed by atoms with van der Waals surface area (Å²) < 4.78 is 18.9. The predicted molar refractivity (Wildman–Crippen MR) is 84.4 cm³/mol. The third-order valence-corrected chi connectivity index (χ3v) is 3.69. The first-order valence-corrected chi connectivity index (χ1v) is 7.26. The standard InChI is InChI=1S/C17H19ClFNO/c1-11-7-13(5-6-20)8-12(2)17(11)21-10-14-3-4-15(19)9-16(14)18/h3-4,7-9H,5-6,10,20H2,1-2H3. The van der Waals surface area contributed by atoms with Gasteiger partial charge in [-0.05, 0) is 55.6 Å². The second-order valence-electron chi connectivity index (χ2n) is 5.12. The van der Waals surface area contributed by atoms with Gasteiger partial charge in [-0.25, -0.2) is 4.39 Å². The Hall–Kier alpha value is -1.58. The van der Waals surface area contributed by atoms with Gasteiger partial charge in [-0.2, -0.15) is 0 Å². The Balaban J connectivity index is 2.16. The van der Waals surface area contributed by atoms with Gasteiger partial charge in [-0.15, -0.1) is 0 Å². The fourth-order valence-corrected chi connectivity index (χ4v) is 2.59. The maximum atomic E-state index is 13.0. The summed E-state index contributed by atoms with van der Waals surface area (Å²) in [5, 5.41) is 0.380. The molecule has 0 radical (unpaired) electrons. The number of aryl methyl sites for hydroxylation is 2. The Labute approximate surface area is 129 Å². The first-order valence-electron chi connectivity index (χ1n) is 6.88. The summed E-state index contributed by atoms with van der Waals surface area (Å²) >= 11 is 6.01. The van der Waals surface area contributed by atoms with E-state index in [0.717, 1.165) is 28.9 Å². The molecular formula is C17H19ClFNO. The second kappa shape index (κ2) is 6.92. The summed E-state index contributed by atoms with van der Waals surface area (Å²) in [7, 11) is 0. The number of benzene rings is 2. The fourth-order valence-electron chi connectivity index (χ4n) is 2.37. The lowest BCUT2D eigenvalue weighted by Crippen LogP contribution is -2.05. The van der Waals surface area contributed by atoms with E-state index in [2.05, 4.69) is 12.1 Å². The first-order chi connectivity index (χ1) is 10.0. The molecule has 0 saturated heterocycles. The second-order valence-corrected chi connectivity index (χ2v) is 5.53. The number of ether oxygens (including phenoxy) is 1. The highest BCUT2D eigenvalue weighted by Gasteiger charge is 2.08. The highest BCUT2D eigenvalue weighted by molar-refractivity contribution is 6.31. The van der Waals surface area contributed by atoms with Crippen LogP contribution in [-0.4, -0.2) is 6.54 Å². The summed E-state index contributed by atoms with van der Waals surface area (Å²) in [5.41, 5.74) is 9.69. The largest absolute Gasteiger partial charge is 0.488 e. The van der Waals surface area contributed by atoms with Gasteiger partial charge in [-0.3, -0.25) is 0 Å². The lowest BCUT2D eigenvalue weighted by Gasteiger charge is -2.14. The van der Waals surface area contributed by atoms with E-state index in [-0.39, 0.29) is 5.82 Å². The SMILES string of the molecule is Cc1cc(CCN)cc(C)c1OCc1ccc(F)cc1Cl. The average molecular weight is 308 g/mol. The predicted octanol–water partition coefficient (Wildman–Crippen LogP) is 4.18. The van der Waals surface area contributed by atoms with Crippen LogP contribution in [0.4, 0.5) is 4.39 Å². The molecule has 21 heavy (non-hydrogen) atoms. The number of hydrogen-bond donors (Lipinski definition) is 1. The van der Waals surface area contributed by atoms with E-state index in [1.54, 1.807) is 6.07 Å². The quantitative estimate of drug-likeness (QED) is 0.899. The Morgan fingerprint density at radius 3 is 2.38 bits per heavy atom. The summed E-state index contributed by atoms with van der Waals surface area (Å²) in [6.07, 6.45) is 0.853. The molecule has 2 N–H and O–H groups in total. The molecule has 0 atom stereocenters. The molecule has 0 aliphatic rings. The monoisotopic (exact) mass is 307 g/mol. The van der Waals surface area contributed by atoms with Gasteiger partial charge in [-0.1, -0.05) is 29.8 Å². The van der Waals surface area contributed by atoms with Crippen LogP contribution >= 0.6 is 11.6 Å². The topological polar surface area (TPSA) is 35.2 Å². The molecule has 2 rings (SSSR count). The lowest BCUT2D eigenvalue weighted by molar-refractivity contribution is 0.302. The molecule has 112 valence electrons. The van der Waals surface area contributed by atoms with Gasteiger partial charge >= 0.3 is 0 Å². The van der Waals surface area contributed by atoms with E-state index in [9.17, 15) is 4.39 Å². The van der Waals surface area contributed by atoms with Crippen LogP contribution in [-0.2, 0) is 13.0 Å². The third kappa shape index (κ3) is 3.96. The Kier molecular flexibility index (Phi) is 5.21. The van der Waals surface area contributed by atoms with Crippen LogP contribution in [0.15, 0.2) is 30.3 Å². The van der Waals surface area contributed by atoms with Crippen molar-refractivity contribution < 1.29 is 9.13 Å². The molecule has 0 unspecified atom stereocenters. The van der Waals surface area contributed by atoms with Crippen molar-refractivity contribution in [3.05, 3.63) is 63.4 Å². The molecule has 0 saturated carbocycles. The van der Waals surface area contributed by atoms with E-state index >= 15 is 0 Å². The summed E-state index contributed by atoms with van der Waals surface area (Å²) in [5.74, 6) is 0.499. The minimum atomic E-state index is -0.345.